The minimum absolute atomic E-state index is 0.321. The number of hydrogen-bond acceptors (Lipinski definition) is 4. The summed E-state index contributed by atoms with van der Waals surface area (Å²) in [5.41, 5.74) is 5.22. The van der Waals surface area contributed by atoms with Crippen molar-refractivity contribution >= 4 is 18.1 Å². The summed E-state index contributed by atoms with van der Waals surface area (Å²) in [6.45, 7) is 2.61. The van der Waals surface area contributed by atoms with Gasteiger partial charge < -0.3 is 5.73 Å². The molecule has 1 fully saturated rings. The van der Waals surface area contributed by atoms with Gasteiger partial charge in [0, 0.05) is 18.3 Å². The average molecular weight is 386 g/mol. The van der Waals surface area contributed by atoms with Gasteiger partial charge in [-0.2, -0.15) is 0 Å². The van der Waals surface area contributed by atoms with Crippen molar-refractivity contribution in [3.05, 3.63) is 53.7 Å². The Kier molecular flexibility index (Phi) is 8.52. The van der Waals surface area contributed by atoms with Crippen molar-refractivity contribution < 1.29 is 14.0 Å². The molecule has 1 saturated carbocycles. The van der Waals surface area contributed by atoms with E-state index in [1.165, 1.54) is 56.4 Å². The number of nitrogens with two attached hydrogens (primary N) is 1. The molecule has 0 atom stereocenters. The van der Waals surface area contributed by atoms with E-state index in [2.05, 4.69) is 9.97 Å². The van der Waals surface area contributed by atoms with Crippen molar-refractivity contribution in [1.29, 1.82) is 0 Å². The quantitative estimate of drug-likeness (QED) is 0.768. The number of halogens is 1. The molecule has 0 spiro atoms. The lowest BCUT2D eigenvalue weighted by Gasteiger charge is -2.24. The molecule has 0 aliphatic heterocycles. The number of carbonyl (C=O) groups excluding carboxylic acids is 2. The van der Waals surface area contributed by atoms with Crippen LogP contribution in [0.5, 0.6) is 0 Å². The minimum Gasteiger partial charge on any atom is -0.366 e. The molecule has 0 saturated heterocycles. The van der Waals surface area contributed by atoms with Crippen LogP contribution >= 0.6 is 0 Å². The zero-order valence-corrected chi connectivity index (χ0v) is 16.2. The number of amides is 2. The molecule has 0 radical (unpaired) electrons. The molecule has 7 heteroatoms. The molecule has 1 heterocycles. The molecular weight excluding hydrogens is 359 g/mol. The zero-order valence-electron chi connectivity index (χ0n) is 16.2. The predicted molar refractivity (Wildman–Crippen MR) is 106 cm³/mol. The number of primary amides is 1. The van der Waals surface area contributed by atoms with Crippen LogP contribution in [0.4, 0.5) is 10.2 Å². The van der Waals surface area contributed by atoms with E-state index in [4.69, 9.17) is 5.73 Å². The fraction of sp³-hybridized carbons (Fsp3) is 0.429. The van der Waals surface area contributed by atoms with Crippen LogP contribution in [-0.2, 0) is 4.79 Å². The van der Waals surface area contributed by atoms with Crippen LogP contribution < -0.4 is 10.6 Å². The van der Waals surface area contributed by atoms with Crippen LogP contribution in [0.1, 0.15) is 54.7 Å². The van der Waals surface area contributed by atoms with Gasteiger partial charge in [0.2, 0.25) is 12.3 Å². The van der Waals surface area contributed by atoms with Crippen LogP contribution in [0, 0.1) is 18.7 Å². The maximum absolute atomic E-state index is 12.2. The van der Waals surface area contributed by atoms with Gasteiger partial charge in [0.25, 0.3) is 0 Å². The second-order valence-electron chi connectivity index (χ2n) is 6.92. The standard InChI is InChI=1S/C14H21N3O.C7H6FNO/c1-12-15-9-7-14(16-12)17(11-18)10-8-13-5-3-2-4-6-13;8-6-3-1-5(2-4-6)7(9)10/h7,9,11,13H,2-6,8,10H2,1H3;1-4H,(H2,9,10). The molecular formula is C21H27FN4O2. The van der Waals surface area contributed by atoms with Crippen molar-refractivity contribution in [1.82, 2.24) is 9.97 Å². The Morgan fingerprint density at radius 2 is 1.89 bits per heavy atom. The number of aryl methyl sites for hydroxylation is 1. The summed E-state index contributed by atoms with van der Waals surface area (Å²) in [5.74, 6) is 1.29. The van der Waals surface area contributed by atoms with Crippen molar-refractivity contribution in [2.45, 2.75) is 45.4 Å². The highest BCUT2D eigenvalue weighted by Gasteiger charge is 2.15. The normalized spacial score (nSPS) is 13.9. The van der Waals surface area contributed by atoms with E-state index in [0.717, 1.165) is 25.3 Å². The molecule has 2 amide bonds. The molecule has 6 nitrogen and oxygen atoms in total. The highest BCUT2D eigenvalue weighted by molar-refractivity contribution is 5.92. The Hall–Kier alpha value is -2.83. The number of aromatic nitrogens is 2. The second kappa shape index (κ2) is 11.1. The lowest BCUT2D eigenvalue weighted by molar-refractivity contribution is -0.107. The summed E-state index contributed by atoms with van der Waals surface area (Å²) >= 11 is 0. The number of rotatable bonds is 6. The molecule has 0 unspecified atom stereocenters. The maximum atomic E-state index is 12.2. The number of nitrogens with zero attached hydrogens (tertiary/aromatic N) is 3. The fourth-order valence-corrected chi connectivity index (χ4v) is 3.24. The average Bonchev–Trinajstić information content (AvgIpc) is 2.70. The fourth-order valence-electron chi connectivity index (χ4n) is 3.24. The summed E-state index contributed by atoms with van der Waals surface area (Å²) in [5, 5.41) is 0. The molecule has 0 bridgehead atoms. The molecule has 1 aromatic carbocycles. The second-order valence-corrected chi connectivity index (χ2v) is 6.92. The molecule has 1 aliphatic carbocycles. The van der Waals surface area contributed by atoms with Gasteiger partial charge in [-0.05, 0) is 49.6 Å². The predicted octanol–water partition coefficient (Wildman–Crippen LogP) is 3.64. The lowest BCUT2D eigenvalue weighted by Crippen LogP contribution is -2.26. The van der Waals surface area contributed by atoms with E-state index in [1.807, 2.05) is 6.92 Å². The maximum Gasteiger partial charge on any atom is 0.248 e. The van der Waals surface area contributed by atoms with Crippen LogP contribution in [-0.4, -0.2) is 28.8 Å². The van der Waals surface area contributed by atoms with Crippen molar-refractivity contribution in [2.24, 2.45) is 11.7 Å². The summed E-state index contributed by atoms with van der Waals surface area (Å²) in [6.07, 6.45) is 10.4. The van der Waals surface area contributed by atoms with Gasteiger partial charge in [-0.25, -0.2) is 14.4 Å². The first-order valence-corrected chi connectivity index (χ1v) is 9.56. The molecule has 3 rings (SSSR count). The topological polar surface area (TPSA) is 89.2 Å². The van der Waals surface area contributed by atoms with Gasteiger partial charge in [-0.1, -0.05) is 32.1 Å². The number of hydrogen-bond donors (Lipinski definition) is 1. The minimum atomic E-state index is -0.542. The molecule has 1 aromatic heterocycles. The van der Waals surface area contributed by atoms with Crippen LogP contribution in [0.15, 0.2) is 36.5 Å². The Bertz CT molecular complexity index is 761. The van der Waals surface area contributed by atoms with E-state index >= 15 is 0 Å². The lowest BCUT2D eigenvalue weighted by atomic mass is 9.87. The van der Waals surface area contributed by atoms with Crippen molar-refractivity contribution in [2.75, 3.05) is 11.4 Å². The summed E-state index contributed by atoms with van der Waals surface area (Å²) < 4.78 is 12.2. The Morgan fingerprint density at radius 1 is 1.21 bits per heavy atom. The van der Waals surface area contributed by atoms with E-state index in [0.29, 0.717) is 17.2 Å². The molecule has 1 aliphatic rings. The largest absolute Gasteiger partial charge is 0.366 e. The first-order chi connectivity index (χ1) is 13.5. The van der Waals surface area contributed by atoms with Crippen molar-refractivity contribution in [3.8, 4) is 0 Å². The third-order valence-electron chi connectivity index (χ3n) is 4.81. The Morgan fingerprint density at radius 3 is 2.46 bits per heavy atom. The number of anilines is 1. The van der Waals surface area contributed by atoms with Crippen LogP contribution in [0.3, 0.4) is 0 Å². The summed E-state index contributed by atoms with van der Waals surface area (Å²) in [4.78, 5) is 31.6. The van der Waals surface area contributed by atoms with E-state index in [-0.39, 0.29) is 5.82 Å². The van der Waals surface area contributed by atoms with E-state index in [9.17, 15) is 14.0 Å². The third kappa shape index (κ3) is 7.06. The molecule has 150 valence electrons. The van der Waals surface area contributed by atoms with Gasteiger partial charge in [-0.3, -0.25) is 14.5 Å². The monoisotopic (exact) mass is 386 g/mol. The molecule has 2 N–H and O–H groups in total. The Labute approximate surface area is 165 Å². The van der Waals surface area contributed by atoms with Crippen molar-refractivity contribution in [3.63, 3.8) is 0 Å². The van der Waals surface area contributed by atoms with Gasteiger partial charge >= 0.3 is 0 Å². The van der Waals surface area contributed by atoms with Gasteiger partial charge in [-0.15, -0.1) is 0 Å². The first-order valence-electron chi connectivity index (χ1n) is 9.56. The zero-order chi connectivity index (χ0) is 20.4. The van der Waals surface area contributed by atoms with Crippen LogP contribution in [0.2, 0.25) is 0 Å². The highest BCUT2D eigenvalue weighted by Crippen LogP contribution is 2.26. The first kappa shape index (κ1) is 21.5. The number of carbonyl (C=O) groups is 2. The highest BCUT2D eigenvalue weighted by atomic mass is 19.1. The SMILES string of the molecule is Cc1nccc(N(C=O)CCC2CCCCC2)n1.NC(=O)c1ccc(F)cc1. The van der Waals surface area contributed by atoms with E-state index < -0.39 is 5.91 Å². The smallest absolute Gasteiger partial charge is 0.248 e. The van der Waals surface area contributed by atoms with Gasteiger partial charge in [0.15, 0.2) is 0 Å². The summed E-state index contributed by atoms with van der Waals surface area (Å²) in [7, 11) is 0. The Balaban J connectivity index is 0.000000237. The van der Waals surface area contributed by atoms with Gasteiger partial charge in [0.05, 0.1) is 0 Å². The van der Waals surface area contributed by atoms with E-state index in [1.54, 1.807) is 17.2 Å². The van der Waals surface area contributed by atoms with Crippen LogP contribution in [0.25, 0.3) is 0 Å². The van der Waals surface area contributed by atoms with Gasteiger partial charge in [0.1, 0.15) is 17.5 Å². The number of benzene rings is 1. The third-order valence-corrected chi connectivity index (χ3v) is 4.81. The molecule has 2 aromatic rings. The summed E-state index contributed by atoms with van der Waals surface area (Å²) in [6, 6.07) is 6.87. The molecule has 28 heavy (non-hydrogen) atoms.